The first-order chi connectivity index (χ1) is 14.8. The number of nitrogens with zero attached hydrogens (tertiary/aromatic N) is 5. The maximum absolute atomic E-state index is 13.2. The van der Waals surface area contributed by atoms with Crippen molar-refractivity contribution in [1.29, 1.82) is 0 Å². The van der Waals surface area contributed by atoms with Crippen LogP contribution in [0.25, 0.3) is 0 Å². The van der Waals surface area contributed by atoms with E-state index in [0.717, 1.165) is 11.9 Å². The third kappa shape index (κ3) is 4.57. The molecule has 2 aliphatic rings. The van der Waals surface area contributed by atoms with Crippen molar-refractivity contribution in [3.05, 3.63) is 54.4 Å². The number of pyridine rings is 1. The van der Waals surface area contributed by atoms with Crippen molar-refractivity contribution in [1.82, 2.24) is 14.8 Å². The first-order valence-corrected chi connectivity index (χ1v) is 9.93. The van der Waals surface area contributed by atoms with Gasteiger partial charge in [-0.3, -0.25) is 4.98 Å². The number of urea groups is 1. The van der Waals surface area contributed by atoms with E-state index >= 15 is 0 Å². The van der Waals surface area contributed by atoms with E-state index in [2.05, 4.69) is 10.1 Å². The Morgan fingerprint density at radius 3 is 2.52 bits per heavy atom. The third-order valence-corrected chi connectivity index (χ3v) is 5.29. The topological polar surface area (TPSA) is 61.3 Å². The van der Waals surface area contributed by atoms with Crippen LogP contribution in [0.1, 0.15) is 18.4 Å². The molecule has 1 saturated heterocycles. The molecule has 1 aromatic carbocycles. The fourth-order valence-electron chi connectivity index (χ4n) is 3.66. The Bertz CT molecular complexity index is 959. The van der Waals surface area contributed by atoms with Gasteiger partial charge in [0.2, 0.25) is 0 Å². The summed E-state index contributed by atoms with van der Waals surface area (Å²) in [5, 5.41) is 5.83. The number of likely N-dealkylation sites (N-methyl/N-ethyl adjacent to an activating group) is 1. The molecule has 0 aliphatic carbocycles. The average Bonchev–Trinajstić information content (AvgIpc) is 2.76. The van der Waals surface area contributed by atoms with E-state index in [1.165, 1.54) is 23.2 Å². The summed E-state index contributed by atoms with van der Waals surface area (Å²) in [5.74, 6) is 0.580. The Morgan fingerprint density at radius 1 is 1.10 bits per heavy atom. The predicted octanol–water partition coefficient (Wildman–Crippen LogP) is 3.83. The maximum Gasteiger partial charge on any atom is 0.419 e. The summed E-state index contributed by atoms with van der Waals surface area (Å²) in [5.41, 5.74) is -0.195. The van der Waals surface area contributed by atoms with Crippen LogP contribution in [0.3, 0.4) is 0 Å². The van der Waals surface area contributed by atoms with Gasteiger partial charge < -0.3 is 14.5 Å². The number of hydrogen-bond donors (Lipinski definition) is 0. The molecule has 0 saturated carbocycles. The van der Waals surface area contributed by atoms with Gasteiger partial charge in [-0.15, -0.1) is 5.10 Å². The van der Waals surface area contributed by atoms with E-state index in [0.29, 0.717) is 38.2 Å². The standard InChI is InChI=1S/C21H22F3N5O2/c1-27-14-19(26-29(20(27)30)15-5-4-10-25-13-15)28-11-8-16(9-12-28)31-18-7-3-2-6-17(18)21(22,23)24/h2-7,10,13,16H,8-9,11-12,14H2,1H3. The number of para-hydroxylation sites is 1. The van der Waals surface area contributed by atoms with Gasteiger partial charge in [0.1, 0.15) is 17.7 Å². The normalized spacial score (nSPS) is 18.3. The molecule has 1 fully saturated rings. The maximum atomic E-state index is 13.2. The lowest BCUT2D eigenvalue weighted by molar-refractivity contribution is -0.139. The fourth-order valence-corrected chi connectivity index (χ4v) is 3.66. The van der Waals surface area contributed by atoms with Gasteiger partial charge in [-0.05, 0) is 24.3 Å². The average molecular weight is 433 g/mol. The van der Waals surface area contributed by atoms with Crippen LogP contribution in [0.5, 0.6) is 5.75 Å². The van der Waals surface area contributed by atoms with Crippen molar-refractivity contribution >= 4 is 17.6 Å². The van der Waals surface area contributed by atoms with Gasteiger partial charge in [0, 0.05) is 39.2 Å². The molecule has 0 bridgehead atoms. The SMILES string of the molecule is CN1CC(N2CCC(Oc3ccccc3C(F)(F)F)CC2)=NN(c2cccnc2)C1=O. The number of likely N-dealkylation sites (tertiary alicyclic amines) is 1. The van der Waals surface area contributed by atoms with Crippen LogP contribution in [-0.2, 0) is 6.18 Å². The summed E-state index contributed by atoms with van der Waals surface area (Å²) < 4.78 is 45.3. The Balaban J connectivity index is 1.44. The lowest BCUT2D eigenvalue weighted by Crippen LogP contribution is -2.53. The van der Waals surface area contributed by atoms with Crippen molar-refractivity contribution in [2.75, 3.05) is 31.7 Å². The number of aromatic nitrogens is 1. The lowest BCUT2D eigenvalue weighted by atomic mass is 10.1. The molecule has 10 heteroatoms. The Labute approximate surface area is 177 Å². The van der Waals surface area contributed by atoms with Crippen LogP contribution in [0.4, 0.5) is 23.7 Å². The minimum absolute atomic E-state index is 0.142. The van der Waals surface area contributed by atoms with Crippen LogP contribution in [0.15, 0.2) is 53.9 Å². The van der Waals surface area contributed by atoms with Crippen LogP contribution in [0.2, 0.25) is 0 Å². The molecule has 0 N–H and O–H groups in total. The van der Waals surface area contributed by atoms with Gasteiger partial charge in [-0.25, -0.2) is 4.79 Å². The number of amides is 2. The van der Waals surface area contributed by atoms with E-state index in [1.54, 1.807) is 36.5 Å². The summed E-state index contributed by atoms with van der Waals surface area (Å²) in [4.78, 5) is 20.2. The quantitative estimate of drug-likeness (QED) is 0.738. The molecule has 0 radical (unpaired) electrons. The zero-order valence-corrected chi connectivity index (χ0v) is 16.9. The fraction of sp³-hybridized carbons (Fsp3) is 0.381. The monoisotopic (exact) mass is 433 g/mol. The van der Waals surface area contributed by atoms with Crippen molar-refractivity contribution in [3.8, 4) is 5.75 Å². The zero-order valence-electron chi connectivity index (χ0n) is 16.9. The number of carbonyl (C=O) groups excluding carboxylic acids is 1. The molecule has 4 rings (SSSR count). The van der Waals surface area contributed by atoms with E-state index in [1.807, 2.05) is 4.90 Å². The number of amidine groups is 1. The molecule has 7 nitrogen and oxygen atoms in total. The highest BCUT2D eigenvalue weighted by atomic mass is 19.4. The molecule has 164 valence electrons. The van der Waals surface area contributed by atoms with Crippen molar-refractivity contribution in [2.45, 2.75) is 25.1 Å². The van der Waals surface area contributed by atoms with E-state index in [4.69, 9.17) is 4.74 Å². The summed E-state index contributed by atoms with van der Waals surface area (Å²) in [6.07, 6.45) is -0.491. The molecule has 3 heterocycles. The number of alkyl halides is 3. The van der Waals surface area contributed by atoms with Gasteiger partial charge in [-0.2, -0.15) is 18.2 Å². The molecule has 0 unspecified atom stereocenters. The number of ether oxygens (including phenoxy) is 1. The molecular formula is C21H22F3N5O2. The Morgan fingerprint density at radius 2 is 1.84 bits per heavy atom. The van der Waals surface area contributed by atoms with Gasteiger partial charge in [0.25, 0.3) is 0 Å². The van der Waals surface area contributed by atoms with Crippen LogP contribution in [0, 0.1) is 0 Å². The highest BCUT2D eigenvalue weighted by Crippen LogP contribution is 2.37. The molecule has 2 aliphatic heterocycles. The van der Waals surface area contributed by atoms with Crippen molar-refractivity contribution in [2.24, 2.45) is 5.10 Å². The second-order valence-electron chi connectivity index (χ2n) is 7.48. The van der Waals surface area contributed by atoms with Crippen LogP contribution >= 0.6 is 0 Å². The number of halogens is 3. The number of anilines is 1. The van der Waals surface area contributed by atoms with Gasteiger partial charge in [0.05, 0.1) is 24.0 Å². The predicted molar refractivity (Wildman–Crippen MR) is 109 cm³/mol. The van der Waals surface area contributed by atoms with Gasteiger partial charge >= 0.3 is 12.2 Å². The van der Waals surface area contributed by atoms with E-state index < -0.39 is 11.7 Å². The molecule has 2 amide bonds. The minimum atomic E-state index is -4.46. The summed E-state index contributed by atoms with van der Waals surface area (Å²) in [6, 6.07) is 8.51. The van der Waals surface area contributed by atoms with Crippen molar-refractivity contribution < 1.29 is 22.7 Å². The summed E-state index contributed by atoms with van der Waals surface area (Å²) in [6.45, 7) is 1.50. The second kappa shape index (κ2) is 8.44. The van der Waals surface area contributed by atoms with Gasteiger partial charge in [0.15, 0.2) is 0 Å². The van der Waals surface area contributed by atoms with Crippen LogP contribution < -0.4 is 9.75 Å². The Hall–Kier alpha value is -3.30. The highest BCUT2D eigenvalue weighted by molar-refractivity contribution is 6.00. The number of piperidine rings is 1. The first kappa shape index (κ1) is 21.0. The number of hydrazone groups is 1. The summed E-state index contributed by atoms with van der Waals surface area (Å²) >= 11 is 0. The molecule has 31 heavy (non-hydrogen) atoms. The molecule has 0 atom stereocenters. The highest BCUT2D eigenvalue weighted by Gasteiger charge is 2.35. The number of benzene rings is 1. The number of rotatable bonds is 3. The van der Waals surface area contributed by atoms with Crippen molar-refractivity contribution in [3.63, 3.8) is 0 Å². The van der Waals surface area contributed by atoms with E-state index in [9.17, 15) is 18.0 Å². The van der Waals surface area contributed by atoms with Gasteiger partial charge in [-0.1, -0.05) is 12.1 Å². The molecule has 2 aromatic rings. The third-order valence-electron chi connectivity index (χ3n) is 5.29. The number of carbonyl (C=O) groups is 1. The Kier molecular flexibility index (Phi) is 5.71. The molecule has 0 spiro atoms. The first-order valence-electron chi connectivity index (χ1n) is 9.93. The molecular weight excluding hydrogens is 411 g/mol. The molecule has 1 aromatic heterocycles. The number of hydrogen-bond acceptors (Lipinski definition) is 5. The zero-order chi connectivity index (χ0) is 22.0. The second-order valence-corrected chi connectivity index (χ2v) is 7.48. The van der Waals surface area contributed by atoms with E-state index in [-0.39, 0.29) is 17.9 Å². The lowest BCUT2D eigenvalue weighted by Gasteiger charge is -2.38. The largest absolute Gasteiger partial charge is 0.490 e. The van der Waals surface area contributed by atoms with Crippen LogP contribution in [-0.4, -0.2) is 59.4 Å². The minimum Gasteiger partial charge on any atom is -0.490 e. The smallest absolute Gasteiger partial charge is 0.419 e. The summed E-state index contributed by atoms with van der Waals surface area (Å²) in [7, 11) is 1.70.